The third-order valence-electron chi connectivity index (χ3n) is 6.13. The van der Waals surface area contributed by atoms with Crippen LogP contribution in [0.2, 0.25) is 0 Å². The number of aromatic nitrogens is 2. The quantitative estimate of drug-likeness (QED) is 0.694. The highest BCUT2D eigenvalue weighted by atomic mass is 16.5. The predicted molar refractivity (Wildman–Crippen MR) is 110 cm³/mol. The Labute approximate surface area is 164 Å². The molecule has 1 unspecified atom stereocenters. The average Bonchev–Trinajstić information content (AvgIpc) is 3.12. The number of nitrogens with zero attached hydrogens (tertiary/aromatic N) is 3. The fourth-order valence-electron chi connectivity index (χ4n) is 4.09. The Balaban J connectivity index is 1.73. The SMILES string of the molecule is CCOCC1(CCc2cccnc2)CCN(C(C)(C)c2ccc(C)nc2)C1. The first-order valence-electron chi connectivity index (χ1n) is 10.1. The van der Waals surface area contributed by atoms with E-state index < -0.39 is 0 Å². The molecule has 0 saturated carbocycles. The molecule has 1 atom stereocenters. The highest BCUT2D eigenvalue weighted by Gasteiger charge is 2.43. The van der Waals surface area contributed by atoms with Crippen LogP contribution in [0.5, 0.6) is 0 Å². The van der Waals surface area contributed by atoms with Crippen LogP contribution in [0.15, 0.2) is 42.9 Å². The van der Waals surface area contributed by atoms with Crippen LogP contribution < -0.4 is 0 Å². The van der Waals surface area contributed by atoms with Crippen molar-refractivity contribution in [2.75, 3.05) is 26.3 Å². The van der Waals surface area contributed by atoms with Crippen LogP contribution in [-0.2, 0) is 16.7 Å². The molecule has 0 N–H and O–H groups in total. The Hall–Kier alpha value is -1.78. The maximum absolute atomic E-state index is 5.94. The number of hydrogen-bond donors (Lipinski definition) is 0. The lowest BCUT2D eigenvalue weighted by Crippen LogP contribution is -2.42. The van der Waals surface area contributed by atoms with Gasteiger partial charge >= 0.3 is 0 Å². The Morgan fingerprint density at radius 3 is 2.74 bits per heavy atom. The van der Waals surface area contributed by atoms with E-state index in [2.05, 4.69) is 53.8 Å². The second-order valence-electron chi connectivity index (χ2n) is 8.42. The van der Waals surface area contributed by atoms with Gasteiger partial charge in [0.15, 0.2) is 0 Å². The minimum absolute atomic E-state index is 0.0248. The fraction of sp³-hybridized carbons (Fsp3) is 0.565. The molecule has 4 nitrogen and oxygen atoms in total. The number of likely N-dealkylation sites (tertiary alicyclic amines) is 1. The van der Waals surface area contributed by atoms with E-state index in [0.717, 1.165) is 44.8 Å². The molecule has 2 aromatic heterocycles. The maximum atomic E-state index is 5.94. The van der Waals surface area contributed by atoms with E-state index in [1.807, 2.05) is 31.6 Å². The summed E-state index contributed by atoms with van der Waals surface area (Å²) in [7, 11) is 0. The molecule has 27 heavy (non-hydrogen) atoms. The molecule has 0 amide bonds. The van der Waals surface area contributed by atoms with E-state index in [9.17, 15) is 0 Å². The third-order valence-corrected chi connectivity index (χ3v) is 6.13. The van der Waals surface area contributed by atoms with E-state index >= 15 is 0 Å². The van der Waals surface area contributed by atoms with E-state index in [1.165, 1.54) is 17.5 Å². The molecular formula is C23H33N3O. The van der Waals surface area contributed by atoms with Crippen LogP contribution in [0, 0.1) is 12.3 Å². The zero-order valence-corrected chi connectivity index (χ0v) is 17.2. The second kappa shape index (κ2) is 8.49. The van der Waals surface area contributed by atoms with Gasteiger partial charge in [0.2, 0.25) is 0 Å². The standard InChI is InChI=1S/C23H33N3O/c1-5-27-18-23(11-10-20-7-6-13-24-15-20)12-14-26(17-23)22(3,4)21-9-8-19(2)25-16-21/h6-9,13,15-16H,5,10-12,14,17-18H2,1-4H3. The molecule has 0 aromatic carbocycles. The van der Waals surface area contributed by atoms with Crippen molar-refractivity contribution in [3.8, 4) is 0 Å². The topological polar surface area (TPSA) is 38.2 Å². The molecule has 146 valence electrons. The summed E-state index contributed by atoms with van der Waals surface area (Å²) in [6, 6.07) is 8.54. The number of aryl methyl sites for hydroxylation is 2. The molecule has 3 rings (SSSR count). The van der Waals surface area contributed by atoms with Crippen LogP contribution in [-0.4, -0.2) is 41.2 Å². The zero-order valence-electron chi connectivity index (χ0n) is 17.2. The molecule has 2 aromatic rings. The van der Waals surface area contributed by atoms with Gasteiger partial charge in [0.25, 0.3) is 0 Å². The summed E-state index contributed by atoms with van der Waals surface area (Å²) < 4.78 is 5.94. The smallest absolute Gasteiger partial charge is 0.0535 e. The predicted octanol–water partition coefficient (Wildman–Crippen LogP) is 4.38. The van der Waals surface area contributed by atoms with E-state index in [-0.39, 0.29) is 11.0 Å². The normalized spacial score (nSPS) is 20.9. The first-order chi connectivity index (χ1) is 13.0. The lowest BCUT2D eigenvalue weighted by Gasteiger charge is -2.38. The fourth-order valence-corrected chi connectivity index (χ4v) is 4.09. The van der Waals surface area contributed by atoms with Crippen LogP contribution in [0.1, 0.15) is 50.4 Å². The van der Waals surface area contributed by atoms with Crippen molar-refractivity contribution < 1.29 is 4.74 Å². The van der Waals surface area contributed by atoms with Crippen LogP contribution in [0.4, 0.5) is 0 Å². The molecule has 0 bridgehead atoms. The van der Waals surface area contributed by atoms with Gasteiger partial charge in [-0.05, 0) is 76.8 Å². The first kappa shape index (κ1) is 20.0. The Morgan fingerprint density at radius 2 is 2.07 bits per heavy atom. The van der Waals surface area contributed by atoms with Gasteiger partial charge in [-0.1, -0.05) is 12.1 Å². The maximum Gasteiger partial charge on any atom is 0.0535 e. The van der Waals surface area contributed by atoms with Crippen LogP contribution in [0.25, 0.3) is 0 Å². The summed E-state index contributed by atoms with van der Waals surface area (Å²) in [5.41, 5.74) is 3.85. The Kier molecular flexibility index (Phi) is 6.28. The van der Waals surface area contributed by atoms with Gasteiger partial charge in [0.05, 0.1) is 6.61 Å². The summed E-state index contributed by atoms with van der Waals surface area (Å²) in [5, 5.41) is 0. The lowest BCUT2D eigenvalue weighted by atomic mass is 9.82. The molecule has 1 aliphatic rings. The monoisotopic (exact) mass is 367 g/mol. The van der Waals surface area contributed by atoms with Gasteiger partial charge in [-0.2, -0.15) is 0 Å². The first-order valence-corrected chi connectivity index (χ1v) is 10.1. The highest BCUT2D eigenvalue weighted by Crippen LogP contribution is 2.41. The van der Waals surface area contributed by atoms with Crippen molar-refractivity contribution >= 4 is 0 Å². The van der Waals surface area contributed by atoms with Crippen molar-refractivity contribution in [1.29, 1.82) is 0 Å². The van der Waals surface area contributed by atoms with E-state index in [1.54, 1.807) is 0 Å². The zero-order chi connectivity index (χ0) is 19.3. The Morgan fingerprint density at radius 1 is 1.22 bits per heavy atom. The minimum atomic E-state index is -0.0248. The summed E-state index contributed by atoms with van der Waals surface area (Å²) in [6.45, 7) is 12.5. The summed E-state index contributed by atoms with van der Waals surface area (Å²) in [5.74, 6) is 0. The number of rotatable bonds is 8. The van der Waals surface area contributed by atoms with Crippen molar-refractivity contribution in [1.82, 2.24) is 14.9 Å². The van der Waals surface area contributed by atoms with Gasteiger partial charge in [0.1, 0.15) is 0 Å². The van der Waals surface area contributed by atoms with E-state index in [0.29, 0.717) is 0 Å². The lowest BCUT2D eigenvalue weighted by molar-refractivity contribution is 0.0384. The molecule has 0 spiro atoms. The highest BCUT2D eigenvalue weighted by molar-refractivity contribution is 5.22. The molecular weight excluding hydrogens is 334 g/mol. The molecule has 1 saturated heterocycles. The van der Waals surface area contributed by atoms with Gasteiger partial charge < -0.3 is 4.74 Å². The second-order valence-corrected chi connectivity index (χ2v) is 8.42. The molecule has 1 aliphatic heterocycles. The van der Waals surface area contributed by atoms with Crippen molar-refractivity contribution in [3.63, 3.8) is 0 Å². The molecule has 0 aliphatic carbocycles. The van der Waals surface area contributed by atoms with Gasteiger partial charge in [0, 0.05) is 48.4 Å². The van der Waals surface area contributed by atoms with Crippen molar-refractivity contribution in [3.05, 3.63) is 59.7 Å². The number of ether oxygens (including phenoxy) is 1. The number of hydrogen-bond acceptors (Lipinski definition) is 4. The van der Waals surface area contributed by atoms with Gasteiger partial charge in [-0.15, -0.1) is 0 Å². The summed E-state index contributed by atoms with van der Waals surface area (Å²) in [6.07, 6.45) is 9.24. The average molecular weight is 368 g/mol. The molecule has 4 heteroatoms. The number of pyridine rings is 2. The Bertz CT molecular complexity index is 714. The molecule has 3 heterocycles. The molecule has 0 radical (unpaired) electrons. The van der Waals surface area contributed by atoms with E-state index in [4.69, 9.17) is 4.74 Å². The summed E-state index contributed by atoms with van der Waals surface area (Å²) in [4.78, 5) is 11.4. The van der Waals surface area contributed by atoms with Gasteiger partial charge in [-0.25, -0.2) is 0 Å². The summed E-state index contributed by atoms with van der Waals surface area (Å²) >= 11 is 0. The van der Waals surface area contributed by atoms with Crippen molar-refractivity contribution in [2.24, 2.45) is 5.41 Å². The minimum Gasteiger partial charge on any atom is -0.381 e. The molecule has 1 fully saturated rings. The van der Waals surface area contributed by atoms with Crippen molar-refractivity contribution in [2.45, 2.75) is 52.5 Å². The third kappa shape index (κ3) is 4.74. The van der Waals surface area contributed by atoms with Crippen LogP contribution in [0.3, 0.4) is 0 Å². The van der Waals surface area contributed by atoms with Gasteiger partial charge in [-0.3, -0.25) is 14.9 Å². The largest absolute Gasteiger partial charge is 0.381 e. The van der Waals surface area contributed by atoms with Crippen LogP contribution >= 0.6 is 0 Å².